The third-order valence-electron chi connectivity index (χ3n) is 2.77. The number of carboxylic acid groups (broad SMARTS) is 1. The van der Waals surface area contributed by atoms with Crippen LogP contribution in [-0.4, -0.2) is 22.9 Å². The molecular formula is C10H17NO3. The first-order chi connectivity index (χ1) is 6.57. The van der Waals surface area contributed by atoms with Gasteiger partial charge in [-0.15, -0.1) is 0 Å². The van der Waals surface area contributed by atoms with Crippen LogP contribution in [0.4, 0.5) is 0 Å². The lowest BCUT2D eigenvalue weighted by molar-refractivity contribution is -0.145. The monoisotopic (exact) mass is 199 g/mol. The Kier molecular flexibility index (Phi) is 3.49. The van der Waals surface area contributed by atoms with Gasteiger partial charge < -0.3 is 9.94 Å². The average Bonchev–Trinajstić information content (AvgIpc) is 2.16. The van der Waals surface area contributed by atoms with Gasteiger partial charge in [-0.05, 0) is 39.5 Å². The molecule has 0 heterocycles. The van der Waals surface area contributed by atoms with E-state index in [-0.39, 0.29) is 11.5 Å². The first-order valence-electron chi connectivity index (χ1n) is 4.96. The lowest BCUT2D eigenvalue weighted by Gasteiger charge is -2.33. The smallest absolute Gasteiger partial charge is 0.306 e. The van der Waals surface area contributed by atoms with Gasteiger partial charge in [-0.1, -0.05) is 5.16 Å². The van der Waals surface area contributed by atoms with Crippen molar-refractivity contribution >= 4 is 12.2 Å². The molecule has 0 unspecified atom stereocenters. The largest absolute Gasteiger partial charge is 0.481 e. The Morgan fingerprint density at radius 1 is 1.57 bits per heavy atom. The SMILES string of the molecule is C/C=N\OC1(C)CCC(C(=O)O)CC1. The van der Waals surface area contributed by atoms with Crippen molar-refractivity contribution in [3.63, 3.8) is 0 Å². The molecule has 0 aromatic heterocycles. The first-order valence-corrected chi connectivity index (χ1v) is 4.96. The van der Waals surface area contributed by atoms with E-state index in [4.69, 9.17) is 9.94 Å². The van der Waals surface area contributed by atoms with Gasteiger partial charge >= 0.3 is 5.97 Å². The summed E-state index contributed by atoms with van der Waals surface area (Å²) < 4.78 is 0. The fourth-order valence-electron chi connectivity index (χ4n) is 1.75. The predicted molar refractivity (Wildman–Crippen MR) is 53.2 cm³/mol. The number of hydrogen-bond acceptors (Lipinski definition) is 3. The molecule has 1 N–H and O–H groups in total. The molecule has 0 saturated heterocycles. The van der Waals surface area contributed by atoms with Crippen LogP contribution in [-0.2, 0) is 9.63 Å². The van der Waals surface area contributed by atoms with Crippen LogP contribution in [0.3, 0.4) is 0 Å². The summed E-state index contributed by atoms with van der Waals surface area (Å²) in [6, 6.07) is 0. The molecule has 1 fully saturated rings. The normalized spacial score (nSPS) is 33.1. The molecule has 80 valence electrons. The van der Waals surface area contributed by atoms with Crippen molar-refractivity contribution in [1.82, 2.24) is 0 Å². The van der Waals surface area contributed by atoms with E-state index in [0.29, 0.717) is 12.8 Å². The van der Waals surface area contributed by atoms with Crippen LogP contribution in [0.15, 0.2) is 5.16 Å². The van der Waals surface area contributed by atoms with E-state index in [9.17, 15) is 4.79 Å². The van der Waals surface area contributed by atoms with Gasteiger partial charge in [-0.3, -0.25) is 4.79 Å². The Hall–Kier alpha value is -1.06. The highest BCUT2D eigenvalue weighted by Crippen LogP contribution is 2.34. The lowest BCUT2D eigenvalue weighted by atomic mass is 9.80. The molecule has 0 spiro atoms. The maximum Gasteiger partial charge on any atom is 0.306 e. The highest BCUT2D eigenvalue weighted by molar-refractivity contribution is 5.70. The van der Waals surface area contributed by atoms with Gasteiger partial charge in [0.25, 0.3) is 0 Å². The number of oxime groups is 1. The van der Waals surface area contributed by atoms with Crippen molar-refractivity contribution in [2.45, 2.75) is 45.1 Å². The number of hydrogen-bond donors (Lipinski definition) is 1. The van der Waals surface area contributed by atoms with Gasteiger partial charge in [0, 0.05) is 6.21 Å². The third-order valence-corrected chi connectivity index (χ3v) is 2.77. The van der Waals surface area contributed by atoms with Gasteiger partial charge in [0.05, 0.1) is 5.92 Å². The molecule has 0 aliphatic heterocycles. The Morgan fingerprint density at radius 3 is 2.57 bits per heavy atom. The summed E-state index contributed by atoms with van der Waals surface area (Å²) in [4.78, 5) is 16.0. The summed E-state index contributed by atoms with van der Waals surface area (Å²) in [5, 5.41) is 12.6. The zero-order valence-electron chi connectivity index (χ0n) is 8.69. The summed E-state index contributed by atoms with van der Waals surface area (Å²) in [6.07, 6.45) is 4.51. The minimum Gasteiger partial charge on any atom is -0.481 e. The second-order valence-electron chi connectivity index (χ2n) is 4.02. The number of aliphatic carboxylic acids is 1. The van der Waals surface area contributed by atoms with Gasteiger partial charge in [-0.25, -0.2) is 0 Å². The molecule has 1 rings (SSSR count). The summed E-state index contributed by atoms with van der Waals surface area (Å²) >= 11 is 0. The van der Waals surface area contributed by atoms with Crippen molar-refractivity contribution in [1.29, 1.82) is 0 Å². The summed E-state index contributed by atoms with van der Waals surface area (Å²) in [5.41, 5.74) is -0.265. The van der Waals surface area contributed by atoms with E-state index in [1.54, 1.807) is 13.1 Å². The second-order valence-corrected chi connectivity index (χ2v) is 4.02. The molecule has 1 saturated carbocycles. The number of nitrogens with zero attached hydrogens (tertiary/aromatic N) is 1. The van der Waals surface area contributed by atoms with Crippen molar-refractivity contribution in [3.05, 3.63) is 0 Å². The summed E-state index contributed by atoms with van der Waals surface area (Å²) in [5.74, 6) is -0.886. The molecule has 0 amide bonds. The van der Waals surface area contributed by atoms with E-state index in [1.165, 1.54) is 0 Å². The zero-order chi connectivity index (χ0) is 10.6. The molecule has 0 aromatic carbocycles. The fourth-order valence-corrected chi connectivity index (χ4v) is 1.75. The molecule has 0 radical (unpaired) electrons. The first kappa shape index (κ1) is 11.0. The average molecular weight is 199 g/mol. The molecule has 0 bridgehead atoms. The fraction of sp³-hybridized carbons (Fsp3) is 0.800. The minimum absolute atomic E-state index is 0.197. The Labute approximate surface area is 83.9 Å². The highest BCUT2D eigenvalue weighted by Gasteiger charge is 2.35. The van der Waals surface area contributed by atoms with E-state index >= 15 is 0 Å². The van der Waals surface area contributed by atoms with E-state index in [0.717, 1.165) is 12.8 Å². The van der Waals surface area contributed by atoms with Gasteiger partial charge in [-0.2, -0.15) is 0 Å². The Bertz CT molecular complexity index is 230. The van der Waals surface area contributed by atoms with Crippen molar-refractivity contribution in [3.8, 4) is 0 Å². The molecule has 0 aromatic rings. The molecule has 14 heavy (non-hydrogen) atoms. The maximum absolute atomic E-state index is 10.7. The van der Waals surface area contributed by atoms with Crippen molar-refractivity contribution in [2.75, 3.05) is 0 Å². The zero-order valence-corrected chi connectivity index (χ0v) is 8.69. The molecule has 4 nitrogen and oxygen atoms in total. The van der Waals surface area contributed by atoms with Crippen LogP contribution in [0.5, 0.6) is 0 Å². The summed E-state index contributed by atoms with van der Waals surface area (Å²) in [7, 11) is 0. The van der Waals surface area contributed by atoms with Crippen LogP contribution in [0.1, 0.15) is 39.5 Å². The number of carboxylic acids is 1. The highest BCUT2D eigenvalue weighted by atomic mass is 16.6. The Morgan fingerprint density at radius 2 is 2.14 bits per heavy atom. The molecule has 1 aliphatic carbocycles. The molecule has 4 heteroatoms. The lowest BCUT2D eigenvalue weighted by Crippen LogP contribution is -2.34. The molecular weight excluding hydrogens is 182 g/mol. The van der Waals surface area contributed by atoms with Gasteiger partial charge in [0.2, 0.25) is 0 Å². The van der Waals surface area contributed by atoms with Crippen LogP contribution in [0.25, 0.3) is 0 Å². The van der Waals surface area contributed by atoms with E-state index in [2.05, 4.69) is 5.16 Å². The maximum atomic E-state index is 10.7. The Balaban J connectivity index is 2.44. The van der Waals surface area contributed by atoms with E-state index in [1.807, 2.05) is 6.92 Å². The number of rotatable bonds is 3. The quantitative estimate of drug-likeness (QED) is 0.559. The second kappa shape index (κ2) is 4.44. The number of carbonyl (C=O) groups is 1. The van der Waals surface area contributed by atoms with Crippen molar-refractivity contribution in [2.24, 2.45) is 11.1 Å². The topological polar surface area (TPSA) is 58.9 Å². The van der Waals surface area contributed by atoms with Gasteiger partial charge in [0.1, 0.15) is 5.60 Å². The van der Waals surface area contributed by atoms with Crippen LogP contribution < -0.4 is 0 Å². The molecule has 0 atom stereocenters. The third kappa shape index (κ3) is 2.72. The minimum atomic E-state index is -0.689. The van der Waals surface area contributed by atoms with Crippen molar-refractivity contribution < 1.29 is 14.7 Å². The summed E-state index contributed by atoms with van der Waals surface area (Å²) in [6.45, 7) is 3.78. The van der Waals surface area contributed by atoms with Gasteiger partial charge in [0.15, 0.2) is 0 Å². The predicted octanol–water partition coefficient (Wildman–Crippen LogP) is 2.04. The van der Waals surface area contributed by atoms with E-state index < -0.39 is 5.97 Å². The standard InChI is InChI=1S/C10H17NO3/c1-3-11-14-10(2)6-4-8(5-7-10)9(12)13/h3,8H,4-7H2,1-2H3,(H,12,13)/b11-3-. The van der Waals surface area contributed by atoms with Crippen LogP contribution in [0, 0.1) is 5.92 Å². The van der Waals surface area contributed by atoms with Crippen LogP contribution >= 0.6 is 0 Å². The molecule has 1 aliphatic rings. The van der Waals surface area contributed by atoms with Crippen LogP contribution in [0.2, 0.25) is 0 Å².